The minimum atomic E-state index is -0.262. The molecule has 1 aromatic carbocycles. The Labute approximate surface area is 110 Å². The van der Waals surface area contributed by atoms with Gasteiger partial charge in [0.05, 0.1) is 12.2 Å². The van der Waals surface area contributed by atoms with Crippen molar-refractivity contribution in [1.82, 2.24) is 0 Å². The third-order valence-electron chi connectivity index (χ3n) is 2.78. The Kier molecular flexibility index (Phi) is 6.26. The molecule has 0 aliphatic heterocycles. The number of nitrogens with one attached hydrogen (secondary N) is 1. The van der Waals surface area contributed by atoms with Gasteiger partial charge in [-0.1, -0.05) is 25.8 Å². The lowest BCUT2D eigenvalue weighted by molar-refractivity contribution is 0.0526. The highest BCUT2D eigenvalue weighted by Gasteiger charge is 2.07. The maximum absolute atomic E-state index is 11.6. The number of carbonyl (C=O) groups is 1. The third-order valence-corrected chi connectivity index (χ3v) is 2.78. The molecule has 0 spiro atoms. The first-order chi connectivity index (χ1) is 8.67. The van der Waals surface area contributed by atoms with E-state index in [1.54, 1.807) is 6.07 Å². The molecule has 0 heterocycles. The van der Waals surface area contributed by atoms with Crippen LogP contribution in [0.15, 0.2) is 24.3 Å². The van der Waals surface area contributed by atoms with Crippen LogP contribution in [0.1, 0.15) is 50.4 Å². The first-order valence-corrected chi connectivity index (χ1v) is 6.71. The zero-order valence-corrected chi connectivity index (χ0v) is 11.5. The summed E-state index contributed by atoms with van der Waals surface area (Å²) in [6.07, 6.45) is 3.56. The van der Waals surface area contributed by atoms with Gasteiger partial charge in [0.25, 0.3) is 0 Å². The highest BCUT2D eigenvalue weighted by Crippen LogP contribution is 2.14. The van der Waals surface area contributed by atoms with Crippen molar-refractivity contribution < 1.29 is 9.53 Å². The number of esters is 1. The standard InChI is InChI=1S/C15H23NO2/c1-4-6-8-12(3)16-14-10-7-9-13(11-14)15(17)18-5-2/h7,9-12,16H,4-6,8H2,1-3H3. The second kappa shape index (κ2) is 7.75. The fourth-order valence-electron chi connectivity index (χ4n) is 1.82. The van der Waals surface area contributed by atoms with Gasteiger partial charge in [0.2, 0.25) is 0 Å². The molecule has 18 heavy (non-hydrogen) atoms. The van der Waals surface area contributed by atoms with Crippen molar-refractivity contribution in [1.29, 1.82) is 0 Å². The lowest BCUT2D eigenvalue weighted by Crippen LogP contribution is -2.15. The zero-order valence-electron chi connectivity index (χ0n) is 11.5. The molecule has 0 aromatic heterocycles. The van der Waals surface area contributed by atoms with Crippen LogP contribution in [0.25, 0.3) is 0 Å². The van der Waals surface area contributed by atoms with E-state index >= 15 is 0 Å². The fraction of sp³-hybridized carbons (Fsp3) is 0.533. The molecule has 100 valence electrons. The zero-order chi connectivity index (χ0) is 13.4. The molecule has 3 nitrogen and oxygen atoms in total. The molecule has 0 radical (unpaired) electrons. The van der Waals surface area contributed by atoms with Crippen LogP contribution < -0.4 is 5.32 Å². The van der Waals surface area contributed by atoms with Gasteiger partial charge in [0.15, 0.2) is 0 Å². The van der Waals surface area contributed by atoms with Crippen molar-refractivity contribution in [2.24, 2.45) is 0 Å². The van der Waals surface area contributed by atoms with Crippen molar-refractivity contribution in [2.45, 2.75) is 46.1 Å². The maximum Gasteiger partial charge on any atom is 0.338 e. The van der Waals surface area contributed by atoms with E-state index in [1.807, 2.05) is 25.1 Å². The van der Waals surface area contributed by atoms with E-state index in [-0.39, 0.29) is 5.97 Å². The van der Waals surface area contributed by atoms with Gasteiger partial charge in [0, 0.05) is 11.7 Å². The van der Waals surface area contributed by atoms with Crippen LogP contribution in [0.5, 0.6) is 0 Å². The van der Waals surface area contributed by atoms with E-state index in [0.717, 1.165) is 12.1 Å². The van der Waals surface area contributed by atoms with Crippen LogP contribution in [0, 0.1) is 0 Å². The Balaban J connectivity index is 2.61. The lowest BCUT2D eigenvalue weighted by atomic mass is 10.1. The molecule has 0 fully saturated rings. The van der Waals surface area contributed by atoms with Gasteiger partial charge in [-0.2, -0.15) is 0 Å². The first kappa shape index (κ1) is 14.6. The summed E-state index contributed by atoms with van der Waals surface area (Å²) in [6, 6.07) is 7.90. The van der Waals surface area contributed by atoms with Crippen molar-refractivity contribution >= 4 is 11.7 Å². The molecular weight excluding hydrogens is 226 g/mol. The Morgan fingerprint density at radius 1 is 1.39 bits per heavy atom. The molecule has 1 N–H and O–H groups in total. The minimum absolute atomic E-state index is 0.262. The number of hydrogen-bond acceptors (Lipinski definition) is 3. The SMILES string of the molecule is CCCCC(C)Nc1cccc(C(=O)OCC)c1. The van der Waals surface area contributed by atoms with Gasteiger partial charge >= 0.3 is 5.97 Å². The lowest BCUT2D eigenvalue weighted by Gasteiger charge is -2.15. The molecule has 0 amide bonds. The van der Waals surface area contributed by atoms with E-state index in [0.29, 0.717) is 18.2 Å². The molecule has 1 atom stereocenters. The number of carbonyl (C=O) groups excluding carboxylic acids is 1. The Hall–Kier alpha value is -1.51. The molecule has 0 aliphatic rings. The number of rotatable bonds is 7. The smallest absolute Gasteiger partial charge is 0.338 e. The van der Waals surface area contributed by atoms with Gasteiger partial charge in [-0.05, 0) is 38.5 Å². The molecular formula is C15H23NO2. The largest absolute Gasteiger partial charge is 0.462 e. The summed E-state index contributed by atoms with van der Waals surface area (Å²) < 4.78 is 4.99. The van der Waals surface area contributed by atoms with Gasteiger partial charge in [-0.15, -0.1) is 0 Å². The summed E-state index contributed by atoms with van der Waals surface area (Å²) in [5.74, 6) is -0.262. The molecule has 1 aromatic rings. The van der Waals surface area contributed by atoms with E-state index < -0.39 is 0 Å². The Morgan fingerprint density at radius 2 is 2.17 bits per heavy atom. The molecule has 3 heteroatoms. The second-order valence-electron chi connectivity index (χ2n) is 4.49. The summed E-state index contributed by atoms with van der Waals surface area (Å²) >= 11 is 0. The Morgan fingerprint density at radius 3 is 2.83 bits per heavy atom. The van der Waals surface area contributed by atoms with Crippen molar-refractivity contribution in [3.63, 3.8) is 0 Å². The van der Waals surface area contributed by atoms with E-state index in [4.69, 9.17) is 4.74 Å². The van der Waals surface area contributed by atoms with E-state index in [9.17, 15) is 4.79 Å². The monoisotopic (exact) mass is 249 g/mol. The number of unbranched alkanes of at least 4 members (excludes halogenated alkanes) is 1. The van der Waals surface area contributed by atoms with E-state index in [1.165, 1.54) is 12.8 Å². The van der Waals surface area contributed by atoms with Crippen molar-refractivity contribution in [3.8, 4) is 0 Å². The van der Waals surface area contributed by atoms with E-state index in [2.05, 4.69) is 19.2 Å². The van der Waals surface area contributed by atoms with Crippen LogP contribution in [0.3, 0.4) is 0 Å². The number of anilines is 1. The summed E-state index contributed by atoms with van der Waals surface area (Å²) in [5.41, 5.74) is 1.58. The van der Waals surface area contributed by atoms with Crippen LogP contribution in [-0.2, 0) is 4.74 Å². The van der Waals surface area contributed by atoms with Crippen LogP contribution in [-0.4, -0.2) is 18.6 Å². The fourth-order valence-corrected chi connectivity index (χ4v) is 1.82. The number of hydrogen-bond donors (Lipinski definition) is 1. The quantitative estimate of drug-likeness (QED) is 0.746. The predicted octanol–water partition coefficient (Wildman–Crippen LogP) is 3.85. The molecule has 1 rings (SSSR count). The highest BCUT2D eigenvalue weighted by molar-refractivity contribution is 5.90. The van der Waals surface area contributed by atoms with Gasteiger partial charge in [-0.3, -0.25) is 0 Å². The second-order valence-corrected chi connectivity index (χ2v) is 4.49. The number of ether oxygens (including phenoxy) is 1. The van der Waals surface area contributed by atoms with Crippen LogP contribution in [0.4, 0.5) is 5.69 Å². The third kappa shape index (κ3) is 4.78. The molecule has 0 saturated carbocycles. The predicted molar refractivity (Wildman–Crippen MR) is 75.0 cm³/mol. The molecule has 0 bridgehead atoms. The summed E-state index contributed by atoms with van der Waals surface area (Å²) in [5, 5.41) is 3.41. The van der Waals surface area contributed by atoms with Crippen molar-refractivity contribution in [2.75, 3.05) is 11.9 Å². The average molecular weight is 249 g/mol. The highest BCUT2D eigenvalue weighted by atomic mass is 16.5. The van der Waals surface area contributed by atoms with Crippen LogP contribution >= 0.6 is 0 Å². The van der Waals surface area contributed by atoms with Gasteiger partial charge in [-0.25, -0.2) is 4.79 Å². The topological polar surface area (TPSA) is 38.3 Å². The minimum Gasteiger partial charge on any atom is -0.462 e. The molecule has 1 unspecified atom stereocenters. The molecule has 0 saturated heterocycles. The van der Waals surface area contributed by atoms with Crippen LogP contribution in [0.2, 0.25) is 0 Å². The summed E-state index contributed by atoms with van der Waals surface area (Å²) in [6.45, 7) is 6.57. The average Bonchev–Trinajstić information content (AvgIpc) is 2.37. The summed E-state index contributed by atoms with van der Waals surface area (Å²) in [4.78, 5) is 11.6. The van der Waals surface area contributed by atoms with Gasteiger partial charge < -0.3 is 10.1 Å². The van der Waals surface area contributed by atoms with Crippen molar-refractivity contribution in [3.05, 3.63) is 29.8 Å². The normalized spacial score (nSPS) is 11.9. The first-order valence-electron chi connectivity index (χ1n) is 6.71. The summed E-state index contributed by atoms with van der Waals surface area (Å²) in [7, 11) is 0. The maximum atomic E-state index is 11.6. The van der Waals surface area contributed by atoms with Gasteiger partial charge in [0.1, 0.15) is 0 Å². The number of benzene rings is 1. The molecule has 0 aliphatic carbocycles. The Bertz CT molecular complexity index is 377.